The van der Waals surface area contributed by atoms with Gasteiger partial charge in [-0.3, -0.25) is 10.1 Å². The van der Waals surface area contributed by atoms with Crippen molar-refractivity contribution in [2.45, 2.75) is 31.6 Å². The van der Waals surface area contributed by atoms with Crippen LogP contribution in [0.1, 0.15) is 37.0 Å². The molecule has 0 aliphatic heterocycles. The molecule has 0 aliphatic rings. The molecule has 8 nitrogen and oxygen atoms in total. The number of sulfonamides is 1. The van der Waals surface area contributed by atoms with Crippen molar-refractivity contribution in [2.24, 2.45) is 0 Å². The van der Waals surface area contributed by atoms with Crippen molar-refractivity contribution in [1.29, 1.82) is 0 Å². The average Bonchev–Trinajstić information content (AvgIpc) is 3.31. The van der Waals surface area contributed by atoms with E-state index < -0.39 is 10.0 Å². The molecule has 0 bridgehead atoms. The summed E-state index contributed by atoms with van der Waals surface area (Å²) >= 11 is 1.29. The summed E-state index contributed by atoms with van der Waals surface area (Å²) in [7, 11) is -0.442. The van der Waals surface area contributed by atoms with Crippen LogP contribution in [0.3, 0.4) is 0 Å². The summed E-state index contributed by atoms with van der Waals surface area (Å²) in [5, 5.41) is 5.02. The molecule has 0 aliphatic carbocycles. The smallest absolute Gasteiger partial charge is 0.257 e. The van der Waals surface area contributed by atoms with Gasteiger partial charge >= 0.3 is 0 Å². The van der Waals surface area contributed by atoms with Gasteiger partial charge in [0.05, 0.1) is 24.8 Å². The highest BCUT2D eigenvalue weighted by atomic mass is 32.2. The Hall–Kier alpha value is -2.95. The highest BCUT2D eigenvalue weighted by Crippen LogP contribution is 2.35. The fourth-order valence-electron chi connectivity index (χ4n) is 3.41. The van der Waals surface area contributed by atoms with Crippen LogP contribution in [0, 0.1) is 0 Å². The number of carbonyl (C=O) groups is 1. The topological polar surface area (TPSA) is 97.8 Å². The lowest BCUT2D eigenvalue weighted by molar-refractivity contribution is 0.102. The minimum Gasteiger partial charge on any atom is -0.497 e. The van der Waals surface area contributed by atoms with Gasteiger partial charge in [-0.1, -0.05) is 13.8 Å². The van der Waals surface area contributed by atoms with Crippen molar-refractivity contribution in [3.05, 3.63) is 53.4 Å². The normalized spacial score (nSPS) is 11.4. The van der Waals surface area contributed by atoms with Gasteiger partial charge in [0.25, 0.3) is 5.91 Å². The first-order chi connectivity index (χ1) is 16.3. The number of hydrogen-bond donors (Lipinski definition) is 1. The van der Waals surface area contributed by atoms with Crippen LogP contribution < -0.4 is 14.8 Å². The quantitative estimate of drug-likeness (QED) is 0.400. The second kappa shape index (κ2) is 11.5. The predicted octanol–water partition coefficient (Wildman–Crippen LogP) is 4.89. The number of amides is 1. The zero-order valence-electron chi connectivity index (χ0n) is 19.7. The number of aromatic nitrogens is 1. The molecule has 0 fully saturated rings. The number of anilines is 1. The lowest BCUT2D eigenvalue weighted by Gasteiger charge is -2.21. The molecule has 0 saturated heterocycles. The molecule has 0 saturated carbocycles. The predicted molar refractivity (Wildman–Crippen MR) is 134 cm³/mol. The van der Waals surface area contributed by atoms with E-state index in [1.165, 1.54) is 39.9 Å². The van der Waals surface area contributed by atoms with Gasteiger partial charge in [0.15, 0.2) is 5.13 Å². The second-order valence-corrected chi connectivity index (χ2v) is 10.3. The molecule has 182 valence electrons. The maximum atomic E-state index is 12.9. The van der Waals surface area contributed by atoms with E-state index in [0.29, 0.717) is 41.0 Å². The third-order valence-electron chi connectivity index (χ3n) is 5.11. The number of methoxy groups -OCH3 is 2. The fourth-order valence-corrected chi connectivity index (χ4v) is 5.74. The number of ether oxygens (including phenoxy) is 2. The van der Waals surface area contributed by atoms with Gasteiger partial charge in [0.2, 0.25) is 10.0 Å². The second-order valence-electron chi connectivity index (χ2n) is 7.49. The summed E-state index contributed by atoms with van der Waals surface area (Å²) < 4.78 is 38.0. The Kier molecular flexibility index (Phi) is 8.65. The van der Waals surface area contributed by atoms with Crippen LogP contribution in [0.5, 0.6) is 11.5 Å². The number of carbonyl (C=O) groups excluding carboxylic acids is 1. The van der Waals surface area contributed by atoms with Gasteiger partial charge in [-0.05, 0) is 49.2 Å². The number of rotatable bonds is 11. The third-order valence-corrected chi connectivity index (χ3v) is 7.78. The summed E-state index contributed by atoms with van der Waals surface area (Å²) in [6, 6.07) is 11.4. The Balaban J connectivity index is 1.74. The minimum absolute atomic E-state index is 0.175. The van der Waals surface area contributed by atoms with Crippen LogP contribution in [0.2, 0.25) is 0 Å². The first-order valence-electron chi connectivity index (χ1n) is 10.9. The molecule has 1 N–H and O–H groups in total. The zero-order chi connectivity index (χ0) is 24.7. The molecule has 0 radical (unpaired) electrons. The lowest BCUT2D eigenvalue weighted by atomic mass is 10.1. The Morgan fingerprint density at radius 3 is 2.29 bits per heavy atom. The van der Waals surface area contributed by atoms with Gasteiger partial charge in [-0.25, -0.2) is 13.4 Å². The van der Waals surface area contributed by atoms with E-state index >= 15 is 0 Å². The molecule has 0 spiro atoms. The SMILES string of the molecule is CCCN(CCC)S(=O)(=O)c1ccc(C(=O)Nc2nc(-c3ccc(OC)cc3OC)cs2)cc1. The first-order valence-corrected chi connectivity index (χ1v) is 13.3. The van der Waals surface area contributed by atoms with Crippen molar-refractivity contribution < 1.29 is 22.7 Å². The van der Waals surface area contributed by atoms with E-state index in [9.17, 15) is 13.2 Å². The van der Waals surface area contributed by atoms with Crippen molar-refractivity contribution in [2.75, 3.05) is 32.6 Å². The number of benzene rings is 2. The first kappa shape index (κ1) is 25.7. The molecule has 34 heavy (non-hydrogen) atoms. The monoisotopic (exact) mass is 503 g/mol. The summed E-state index contributed by atoms with van der Waals surface area (Å²) in [5.74, 6) is 0.910. The van der Waals surface area contributed by atoms with E-state index in [-0.39, 0.29) is 10.8 Å². The Bertz CT molecular complexity index is 1220. The van der Waals surface area contributed by atoms with Crippen LogP contribution >= 0.6 is 11.3 Å². The van der Waals surface area contributed by atoms with Gasteiger partial charge in [0, 0.05) is 35.7 Å². The molecule has 10 heteroatoms. The summed E-state index contributed by atoms with van der Waals surface area (Å²) in [4.78, 5) is 17.4. The highest BCUT2D eigenvalue weighted by molar-refractivity contribution is 7.89. The largest absolute Gasteiger partial charge is 0.497 e. The molecule has 2 aromatic carbocycles. The van der Waals surface area contributed by atoms with Gasteiger partial charge in [-0.2, -0.15) is 4.31 Å². The fraction of sp³-hybridized carbons (Fsp3) is 0.333. The number of thiazole rings is 1. The number of nitrogens with zero attached hydrogens (tertiary/aromatic N) is 2. The highest BCUT2D eigenvalue weighted by Gasteiger charge is 2.23. The van der Waals surface area contributed by atoms with Gasteiger partial charge in [-0.15, -0.1) is 11.3 Å². The molecular weight excluding hydrogens is 474 g/mol. The average molecular weight is 504 g/mol. The molecule has 3 rings (SSSR count). The molecule has 1 aromatic heterocycles. The Morgan fingerprint density at radius 1 is 1.03 bits per heavy atom. The van der Waals surface area contributed by atoms with Crippen molar-refractivity contribution >= 4 is 32.4 Å². The lowest BCUT2D eigenvalue weighted by Crippen LogP contribution is -2.32. The number of nitrogens with one attached hydrogen (secondary N) is 1. The van der Waals surface area contributed by atoms with Crippen LogP contribution in [-0.4, -0.2) is 50.9 Å². The standard InChI is InChI=1S/C24H29N3O5S2/c1-5-13-27(14-6-2)34(29,30)19-10-7-17(8-11-19)23(28)26-24-25-21(16-33-24)20-12-9-18(31-3)15-22(20)32-4/h7-12,15-16H,5-6,13-14H2,1-4H3,(H,25,26,28). The van der Waals surface area contributed by atoms with E-state index in [2.05, 4.69) is 10.3 Å². The van der Waals surface area contributed by atoms with Crippen molar-refractivity contribution in [3.63, 3.8) is 0 Å². The number of hydrogen-bond acceptors (Lipinski definition) is 7. The molecule has 1 heterocycles. The van der Waals surface area contributed by atoms with E-state index in [4.69, 9.17) is 9.47 Å². The van der Waals surface area contributed by atoms with E-state index in [0.717, 1.165) is 18.4 Å². The minimum atomic E-state index is -3.60. The summed E-state index contributed by atoms with van der Waals surface area (Å²) in [6.07, 6.45) is 1.47. The molecule has 1 amide bonds. The van der Waals surface area contributed by atoms with Crippen molar-refractivity contribution in [3.8, 4) is 22.8 Å². The van der Waals surface area contributed by atoms with Crippen LogP contribution in [0.4, 0.5) is 5.13 Å². The molecule has 3 aromatic rings. The Morgan fingerprint density at radius 2 is 1.71 bits per heavy atom. The van der Waals surface area contributed by atoms with Crippen molar-refractivity contribution in [1.82, 2.24) is 9.29 Å². The van der Waals surface area contributed by atoms with E-state index in [1.54, 1.807) is 20.3 Å². The van der Waals surface area contributed by atoms with Gasteiger partial charge in [0.1, 0.15) is 11.5 Å². The van der Waals surface area contributed by atoms with Crippen LogP contribution in [0.25, 0.3) is 11.3 Å². The van der Waals surface area contributed by atoms with Crippen LogP contribution in [-0.2, 0) is 10.0 Å². The molecule has 0 unspecified atom stereocenters. The zero-order valence-corrected chi connectivity index (χ0v) is 21.3. The Labute approximate surface area is 204 Å². The third kappa shape index (κ3) is 5.75. The van der Waals surface area contributed by atoms with Gasteiger partial charge < -0.3 is 9.47 Å². The summed E-state index contributed by atoms with van der Waals surface area (Å²) in [5.41, 5.74) is 1.78. The van der Waals surface area contributed by atoms with E-state index in [1.807, 2.05) is 31.4 Å². The maximum absolute atomic E-state index is 12.9. The summed E-state index contributed by atoms with van der Waals surface area (Å²) in [6.45, 7) is 4.81. The van der Waals surface area contributed by atoms with Crippen LogP contribution in [0.15, 0.2) is 52.7 Å². The maximum Gasteiger partial charge on any atom is 0.257 e. The molecular formula is C24H29N3O5S2. The molecule has 0 atom stereocenters.